The van der Waals surface area contributed by atoms with Crippen molar-refractivity contribution in [2.24, 2.45) is 5.10 Å². The van der Waals surface area contributed by atoms with Crippen LogP contribution in [-0.2, 0) is 6.18 Å². The molecule has 0 fully saturated rings. The molecule has 2 aromatic carbocycles. The molecule has 2 rings (SSSR count). The van der Waals surface area contributed by atoms with Gasteiger partial charge in [0.05, 0.1) is 28.8 Å². The fourth-order valence-electron chi connectivity index (χ4n) is 1.89. The van der Waals surface area contributed by atoms with Gasteiger partial charge >= 0.3 is 6.18 Å². The lowest BCUT2D eigenvalue weighted by Crippen LogP contribution is -2.06. The van der Waals surface area contributed by atoms with E-state index in [1.807, 2.05) is 0 Å². The standard InChI is InChI=1S/C15H11ClF3N3O3/c1-25-14-5-2-9(6-11(14)16)8-20-21-12-4-3-10(15(17,18)19)7-13(12)22(23)24/h2-8,21H,1H3/b20-8-. The summed E-state index contributed by atoms with van der Waals surface area (Å²) in [6.45, 7) is 0. The van der Waals surface area contributed by atoms with Gasteiger partial charge in [0.25, 0.3) is 5.69 Å². The maximum atomic E-state index is 12.6. The Bertz CT molecular complexity index is 825. The van der Waals surface area contributed by atoms with Gasteiger partial charge in [-0.2, -0.15) is 18.3 Å². The van der Waals surface area contributed by atoms with Crippen LogP contribution in [0.15, 0.2) is 41.5 Å². The monoisotopic (exact) mass is 373 g/mol. The highest BCUT2D eigenvalue weighted by Crippen LogP contribution is 2.35. The van der Waals surface area contributed by atoms with Gasteiger partial charge in [0, 0.05) is 6.07 Å². The molecule has 2 aromatic rings. The normalized spacial score (nSPS) is 11.6. The summed E-state index contributed by atoms with van der Waals surface area (Å²) >= 11 is 5.95. The lowest BCUT2D eigenvalue weighted by atomic mass is 10.1. The summed E-state index contributed by atoms with van der Waals surface area (Å²) in [5.74, 6) is 0.463. The molecule has 0 aromatic heterocycles. The van der Waals surface area contributed by atoms with E-state index in [4.69, 9.17) is 16.3 Å². The van der Waals surface area contributed by atoms with E-state index < -0.39 is 22.4 Å². The summed E-state index contributed by atoms with van der Waals surface area (Å²) in [6.07, 6.45) is -3.36. The van der Waals surface area contributed by atoms with Gasteiger partial charge in [0.2, 0.25) is 0 Å². The molecule has 1 N–H and O–H groups in total. The Morgan fingerprint density at radius 3 is 2.56 bits per heavy atom. The molecule has 0 spiro atoms. The molecule has 0 saturated carbocycles. The van der Waals surface area contributed by atoms with Crippen molar-refractivity contribution in [3.8, 4) is 5.75 Å². The molecule has 0 amide bonds. The lowest BCUT2D eigenvalue weighted by Gasteiger charge is -2.08. The van der Waals surface area contributed by atoms with Gasteiger partial charge in [-0.05, 0) is 35.9 Å². The van der Waals surface area contributed by atoms with E-state index in [1.165, 1.54) is 13.3 Å². The zero-order chi connectivity index (χ0) is 18.6. The van der Waals surface area contributed by atoms with Crippen molar-refractivity contribution in [3.63, 3.8) is 0 Å². The van der Waals surface area contributed by atoms with Gasteiger partial charge in [-0.3, -0.25) is 15.5 Å². The van der Waals surface area contributed by atoms with Crippen molar-refractivity contribution < 1.29 is 22.8 Å². The molecule has 0 aliphatic carbocycles. The summed E-state index contributed by atoms with van der Waals surface area (Å²) in [6, 6.07) is 6.91. The van der Waals surface area contributed by atoms with E-state index in [9.17, 15) is 23.3 Å². The maximum Gasteiger partial charge on any atom is 0.416 e. The van der Waals surface area contributed by atoms with Gasteiger partial charge in [-0.25, -0.2) is 0 Å². The first kappa shape index (κ1) is 18.5. The number of ether oxygens (including phenoxy) is 1. The predicted octanol–water partition coefficient (Wildman–Crippen LogP) is 4.72. The Morgan fingerprint density at radius 2 is 2.00 bits per heavy atom. The van der Waals surface area contributed by atoms with Crippen molar-refractivity contribution in [3.05, 3.63) is 62.7 Å². The second-order valence-corrected chi connectivity index (χ2v) is 5.16. The number of nitro benzene ring substituents is 1. The number of benzene rings is 2. The molecule has 0 heterocycles. The van der Waals surface area contributed by atoms with E-state index in [0.29, 0.717) is 22.4 Å². The third-order valence-electron chi connectivity index (χ3n) is 3.10. The molecule has 6 nitrogen and oxygen atoms in total. The highest BCUT2D eigenvalue weighted by atomic mass is 35.5. The molecule has 0 aliphatic heterocycles. The topological polar surface area (TPSA) is 76.8 Å². The van der Waals surface area contributed by atoms with Crippen molar-refractivity contribution >= 4 is 29.2 Å². The van der Waals surface area contributed by atoms with Crippen LogP contribution < -0.4 is 10.2 Å². The van der Waals surface area contributed by atoms with E-state index >= 15 is 0 Å². The Hall–Kier alpha value is -2.81. The van der Waals surface area contributed by atoms with E-state index in [-0.39, 0.29) is 5.69 Å². The number of nitro groups is 1. The van der Waals surface area contributed by atoms with E-state index in [1.54, 1.807) is 18.2 Å². The first-order valence-corrected chi connectivity index (χ1v) is 7.08. The SMILES string of the molecule is COc1ccc(/C=N\Nc2ccc(C(F)(F)F)cc2[N+](=O)[O-])cc1Cl. The van der Waals surface area contributed by atoms with Gasteiger partial charge in [-0.1, -0.05) is 11.6 Å². The number of nitrogens with one attached hydrogen (secondary N) is 1. The lowest BCUT2D eigenvalue weighted by molar-refractivity contribution is -0.384. The number of halogens is 4. The average Bonchev–Trinajstić information content (AvgIpc) is 2.54. The number of alkyl halides is 3. The largest absolute Gasteiger partial charge is 0.495 e. The maximum absolute atomic E-state index is 12.6. The highest BCUT2D eigenvalue weighted by molar-refractivity contribution is 6.32. The number of hydrogen-bond donors (Lipinski definition) is 1. The zero-order valence-corrected chi connectivity index (χ0v) is 13.4. The number of hydrogen-bond acceptors (Lipinski definition) is 5. The van der Waals surface area contributed by atoms with Crippen LogP contribution in [0, 0.1) is 10.1 Å². The molecule has 0 radical (unpaired) electrons. The third-order valence-corrected chi connectivity index (χ3v) is 3.39. The molecule has 0 bridgehead atoms. The second kappa shape index (κ2) is 7.39. The molecule has 10 heteroatoms. The first-order chi connectivity index (χ1) is 11.7. The van der Waals surface area contributed by atoms with Gasteiger partial charge in [0.15, 0.2) is 0 Å². The number of anilines is 1. The number of rotatable bonds is 5. The van der Waals surface area contributed by atoms with Crippen LogP contribution in [-0.4, -0.2) is 18.2 Å². The summed E-state index contributed by atoms with van der Waals surface area (Å²) in [7, 11) is 1.46. The minimum Gasteiger partial charge on any atom is -0.495 e. The van der Waals surface area contributed by atoms with Crippen molar-refractivity contribution in [2.45, 2.75) is 6.18 Å². The van der Waals surface area contributed by atoms with Crippen LogP contribution in [0.3, 0.4) is 0 Å². The van der Waals surface area contributed by atoms with Crippen molar-refractivity contribution in [1.29, 1.82) is 0 Å². The molecule has 25 heavy (non-hydrogen) atoms. The minimum absolute atomic E-state index is 0.172. The average molecular weight is 374 g/mol. The van der Waals surface area contributed by atoms with Crippen LogP contribution in [0.25, 0.3) is 0 Å². The number of hydrazone groups is 1. The third kappa shape index (κ3) is 4.60. The number of methoxy groups -OCH3 is 1. The molecule has 0 atom stereocenters. The van der Waals surface area contributed by atoms with Crippen LogP contribution in [0.4, 0.5) is 24.5 Å². The molecule has 0 aliphatic rings. The number of nitrogens with zero attached hydrogens (tertiary/aromatic N) is 2. The van der Waals surface area contributed by atoms with Gasteiger partial charge < -0.3 is 4.74 Å². The fraction of sp³-hybridized carbons (Fsp3) is 0.133. The summed E-state index contributed by atoms with van der Waals surface area (Å²) < 4.78 is 42.9. The Balaban J connectivity index is 2.22. The van der Waals surface area contributed by atoms with E-state index in [0.717, 1.165) is 12.1 Å². The van der Waals surface area contributed by atoms with E-state index in [2.05, 4.69) is 10.5 Å². The summed E-state index contributed by atoms with van der Waals surface area (Å²) in [5, 5.41) is 15.1. The van der Waals surface area contributed by atoms with Crippen molar-refractivity contribution in [2.75, 3.05) is 12.5 Å². The first-order valence-electron chi connectivity index (χ1n) is 6.70. The fourth-order valence-corrected chi connectivity index (χ4v) is 2.16. The smallest absolute Gasteiger partial charge is 0.416 e. The van der Waals surface area contributed by atoms with Crippen LogP contribution >= 0.6 is 11.6 Å². The molecule has 0 saturated heterocycles. The summed E-state index contributed by atoms with van der Waals surface area (Å²) in [4.78, 5) is 10.0. The Kier molecular flexibility index (Phi) is 5.48. The van der Waals surface area contributed by atoms with Gasteiger partial charge in [-0.15, -0.1) is 0 Å². The zero-order valence-electron chi connectivity index (χ0n) is 12.7. The minimum atomic E-state index is -4.67. The Morgan fingerprint density at radius 1 is 1.28 bits per heavy atom. The molecular formula is C15H11ClF3N3O3. The summed E-state index contributed by atoms with van der Waals surface area (Å²) in [5.41, 5.74) is 0.895. The molecular weight excluding hydrogens is 363 g/mol. The molecule has 132 valence electrons. The van der Waals surface area contributed by atoms with Crippen LogP contribution in [0.5, 0.6) is 5.75 Å². The van der Waals surface area contributed by atoms with Gasteiger partial charge in [0.1, 0.15) is 11.4 Å². The second-order valence-electron chi connectivity index (χ2n) is 4.75. The predicted molar refractivity (Wildman–Crippen MR) is 87.3 cm³/mol. The molecule has 0 unspecified atom stereocenters. The van der Waals surface area contributed by atoms with Crippen molar-refractivity contribution in [1.82, 2.24) is 0 Å². The van der Waals surface area contributed by atoms with Crippen LogP contribution in [0.2, 0.25) is 5.02 Å². The Labute approximate surface area is 145 Å². The quantitative estimate of drug-likeness (QED) is 0.467. The highest BCUT2D eigenvalue weighted by Gasteiger charge is 2.33. The van der Waals surface area contributed by atoms with Crippen LogP contribution in [0.1, 0.15) is 11.1 Å².